The number of nitrogens with zero attached hydrogens (tertiary/aromatic N) is 2. The average molecular weight is 534 g/mol. The van der Waals surface area contributed by atoms with E-state index < -0.39 is 0 Å². The van der Waals surface area contributed by atoms with Crippen LogP contribution in [0, 0.1) is 0 Å². The minimum atomic E-state index is -0.390. The smallest absolute Gasteiger partial charge is 0.314 e. The van der Waals surface area contributed by atoms with Gasteiger partial charge in [-0.3, -0.25) is 9.59 Å². The molecule has 0 bridgehead atoms. The van der Waals surface area contributed by atoms with Gasteiger partial charge in [-0.15, -0.1) is 0 Å². The first kappa shape index (κ1) is 27.2. The molecule has 198 valence electrons. The maximum Gasteiger partial charge on any atom is 0.314 e. The van der Waals surface area contributed by atoms with Gasteiger partial charge in [-0.25, -0.2) is 4.79 Å². The SMILES string of the molecule is NC(=O)N1CCCN(CCc2ccc(C(=O)NCc3ccccc3)cc2NC(=O)c2cccc(Cl)c2)CC1. The molecule has 4 rings (SSSR count). The Kier molecular flexibility index (Phi) is 9.35. The Hall–Kier alpha value is -3.88. The highest BCUT2D eigenvalue weighted by atomic mass is 35.5. The highest BCUT2D eigenvalue weighted by Gasteiger charge is 2.18. The molecule has 38 heavy (non-hydrogen) atoms. The van der Waals surface area contributed by atoms with Crippen LogP contribution in [0.25, 0.3) is 0 Å². The minimum absolute atomic E-state index is 0.224. The lowest BCUT2D eigenvalue weighted by Crippen LogP contribution is -2.38. The van der Waals surface area contributed by atoms with Gasteiger partial charge in [0.15, 0.2) is 0 Å². The zero-order chi connectivity index (χ0) is 26.9. The van der Waals surface area contributed by atoms with Crippen LogP contribution in [0.5, 0.6) is 0 Å². The number of hydrogen-bond donors (Lipinski definition) is 3. The van der Waals surface area contributed by atoms with Gasteiger partial charge >= 0.3 is 6.03 Å². The maximum absolute atomic E-state index is 13.0. The van der Waals surface area contributed by atoms with E-state index in [2.05, 4.69) is 15.5 Å². The molecule has 8 nitrogen and oxygen atoms in total. The molecule has 1 heterocycles. The normalized spacial score (nSPS) is 14.0. The number of nitrogens with two attached hydrogens (primary N) is 1. The van der Waals surface area contributed by atoms with E-state index in [1.807, 2.05) is 36.4 Å². The molecule has 0 atom stereocenters. The fourth-order valence-electron chi connectivity index (χ4n) is 4.45. The van der Waals surface area contributed by atoms with Gasteiger partial charge < -0.3 is 26.2 Å². The summed E-state index contributed by atoms with van der Waals surface area (Å²) in [5.41, 5.74) is 8.83. The van der Waals surface area contributed by atoms with Crippen LogP contribution in [0.3, 0.4) is 0 Å². The fraction of sp³-hybridized carbons (Fsp3) is 0.276. The molecule has 9 heteroatoms. The standard InChI is InChI=1S/C29H32ClN5O3/c30-25-9-4-8-23(18-25)28(37)33-26-19-24(27(36)32-20-21-6-2-1-3-7-21)11-10-22(26)12-15-34-13-5-14-35(17-16-34)29(31)38/h1-4,6-11,18-19H,5,12-17,20H2,(H2,31,38)(H,32,36)(H,33,37). The zero-order valence-corrected chi connectivity index (χ0v) is 21.9. The molecule has 0 saturated carbocycles. The molecule has 3 aromatic carbocycles. The van der Waals surface area contributed by atoms with Crippen LogP contribution in [0.15, 0.2) is 72.8 Å². The van der Waals surface area contributed by atoms with E-state index in [0.29, 0.717) is 47.9 Å². The summed E-state index contributed by atoms with van der Waals surface area (Å²) in [5, 5.41) is 6.39. The first-order chi connectivity index (χ1) is 18.4. The van der Waals surface area contributed by atoms with Crippen molar-refractivity contribution in [2.24, 2.45) is 5.73 Å². The maximum atomic E-state index is 13.0. The molecule has 1 saturated heterocycles. The molecule has 4 N–H and O–H groups in total. The Labute approximate surface area is 227 Å². The van der Waals surface area contributed by atoms with Crippen LogP contribution in [0.4, 0.5) is 10.5 Å². The summed E-state index contributed by atoms with van der Waals surface area (Å²) in [6.45, 7) is 3.98. The second kappa shape index (κ2) is 13.1. The summed E-state index contributed by atoms with van der Waals surface area (Å²) in [4.78, 5) is 41.4. The second-order valence-corrected chi connectivity index (χ2v) is 9.71. The lowest BCUT2D eigenvalue weighted by Gasteiger charge is -2.21. The number of urea groups is 1. The molecule has 1 fully saturated rings. The molecule has 3 aromatic rings. The van der Waals surface area contributed by atoms with Crippen molar-refractivity contribution in [3.63, 3.8) is 0 Å². The van der Waals surface area contributed by atoms with E-state index in [1.54, 1.807) is 41.3 Å². The van der Waals surface area contributed by atoms with Gasteiger partial charge in [0.25, 0.3) is 11.8 Å². The molecule has 0 unspecified atom stereocenters. The van der Waals surface area contributed by atoms with Gasteiger partial charge in [-0.1, -0.05) is 54.1 Å². The number of primary amides is 1. The number of carbonyl (C=O) groups is 3. The van der Waals surface area contributed by atoms with Gasteiger partial charge in [0, 0.05) is 54.6 Å². The number of amides is 4. The van der Waals surface area contributed by atoms with Crippen LogP contribution in [0.2, 0.25) is 5.02 Å². The molecular formula is C29H32ClN5O3. The third-order valence-corrected chi connectivity index (χ3v) is 6.84. The van der Waals surface area contributed by atoms with Crippen molar-refractivity contribution in [1.29, 1.82) is 0 Å². The van der Waals surface area contributed by atoms with E-state index in [1.165, 1.54) is 0 Å². The Morgan fingerprint density at radius 2 is 1.63 bits per heavy atom. The molecule has 0 spiro atoms. The van der Waals surface area contributed by atoms with Crippen LogP contribution in [-0.2, 0) is 13.0 Å². The number of benzene rings is 3. The van der Waals surface area contributed by atoms with Crippen molar-refractivity contribution in [2.75, 3.05) is 38.0 Å². The predicted molar refractivity (Wildman–Crippen MR) is 149 cm³/mol. The Morgan fingerprint density at radius 3 is 2.39 bits per heavy atom. The topological polar surface area (TPSA) is 108 Å². The summed E-state index contributed by atoms with van der Waals surface area (Å²) >= 11 is 6.08. The van der Waals surface area contributed by atoms with E-state index in [-0.39, 0.29) is 17.8 Å². The lowest BCUT2D eigenvalue weighted by molar-refractivity contribution is 0.0949. The Balaban J connectivity index is 1.49. The monoisotopic (exact) mass is 533 g/mol. The largest absolute Gasteiger partial charge is 0.351 e. The number of nitrogens with one attached hydrogen (secondary N) is 2. The van der Waals surface area contributed by atoms with Crippen LogP contribution >= 0.6 is 11.6 Å². The summed E-state index contributed by atoms with van der Waals surface area (Å²) in [6.07, 6.45) is 1.51. The van der Waals surface area contributed by atoms with Crippen molar-refractivity contribution < 1.29 is 14.4 Å². The number of anilines is 1. The summed E-state index contributed by atoms with van der Waals surface area (Å²) in [7, 11) is 0. The fourth-order valence-corrected chi connectivity index (χ4v) is 4.64. The minimum Gasteiger partial charge on any atom is -0.351 e. The first-order valence-electron chi connectivity index (χ1n) is 12.7. The molecule has 0 radical (unpaired) electrons. The molecule has 0 aromatic heterocycles. The number of hydrogen-bond acceptors (Lipinski definition) is 4. The van der Waals surface area contributed by atoms with Crippen LogP contribution in [0.1, 0.15) is 38.3 Å². The van der Waals surface area contributed by atoms with Crippen LogP contribution in [-0.4, -0.2) is 60.4 Å². The highest BCUT2D eigenvalue weighted by molar-refractivity contribution is 6.31. The van der Waals surface area contributed by atoms with Crippen molar-refractivity contribution in [3.05, 3.63) is 100 Å². The van der Waals surface area contributed by atoms with Crippen molar-refractivity contribution in [2.45, 2.75) is 19.4 Å². The molecule has 1 aliphatic rings. The third kappa shape index (κ3) is 7.57. The number of rotatable bonds is 8. The zero-order valence-electron chi connectivity index (χ0n) is 21.2. The first-order valence-corrected chi connectivity index (χ1v) is 13.1. The van der Waals surface area contributed by atoms with Crippen LogP contribution < -0.4 is 16.4 Å². The Bertz CT molecular complexity index is 1280. The number of carbonyl (C=O) groups excluding carboxylic acids is 3. The molecule has 1 aliphatic heterocycles. The van der Waals surface area contributed by atoms with Crippen molar-refractivity contribution >= 4 is 35.1 Å². The Morgan fingerprint density at radius 1 is 0.842 bits per heavy atom. The van der Waals surface area contributed by atoms with Gasteiger partial charge in [0.1, 0.15) is 0 Å². The average Bonchev–Trinajstić information content (AvgIpc) is 3.17. The predicted octanol–water partition coefficient (Wildman–Crippen LogP) is 4.15. The molecular weight excluding hydrogens is 502 g/mol. The molecule has 4 amide bonds. The quantitative estimate of drug-likeness (QED) is 0.404. The second-order valence-electron chi connectivity index (χ2n) is 9.28. The van der Waals surface area contributed by atoms with E-state index in [9.17, 15) is 14.4 Å². The third-order valence-electron chi connectivity index (χ3n) is 6.60. The summed E-state index contributed by atoms with van der Waals surface area (Å²) in [6, 6.07) is 21.4. The summed E-state index contributed by atoms with van der Waals surface area (Å²) in [5.74, 6) is -0.528. The van der Waals surface area contributed by atoms with E-state index in [4.69, 9.17) is 17.3 Å². The number of halogens is 1. The highest BCUT2D eigenvalue weighted by Crippen LogP contribution is 2.22. The van der Waals surface area contributed by atoms with Crippen molar-refractivity contribution in [3.8, 4) is 0 Å². The van der Waals surface area contributed by atoms with Gasteiger partial charge in [0.05, 0.1) is 0 Å². The van der Waals surface area contributed by atoms with Crippen molar-refractivity contribution in [1.82, 2.24) is 15.1 Å². The summed E-state index contributed by atoms with van der Waals surface area (Å²) < 4.78 is 0. The van der Waals surface area contributed by atoms with E-state index in [0.717, 1.165) is 37.2 Å². The van der Waals surface area contributed by atoms with Gasteiger partial charge in [-0.2, -0.15) is 0 Å². The van der Waals surface area contributed by atoms with Gasteiger partial charge in [-0.05, 0) is 60.8 Å². The lowest BCUT2D eigenvalue weighted by atomic mass is 10.0. The van der Waals surface area contributed by atoms with Gasteiger partial charge in [0.2, 0.25) is 0 Å². The molecule has 0 aliphatic carbocycles. The van der Waals surface area contributed by atoms with E-state index >= 15 is 0 Å².